The molecule has 0 spiro atoms. The number of benzene rings is 1. The van der Waals surface area contributed by atoms with Crippen LogP contribution in [0.5, 0.6) is 5.75 Å². The molecule has 1 unspecified atom stereocenters. The molecule has 1 N–H and O–H groups in total. The van der Waals surface area contributed by atoms with Crippen molar-refractivity contribution in [1.29, 1.82) is 0 Å². The number of hydrogen-bond donors (Lipinski definition) is 1. The van der Waals surface area contributed by atoms with Crippen molar-refractivity contribution < 1.29 is 19.4 Å². The van der Waals surface area contributed by atoms with Crippen LogP contribution >= 0.6 is 11.3 Å². The van der Waals surface area contributed by atoms with Crippen molar-refractivity contribution in [2.24, 2.45) is 5.41 Å². The molecule has 0 radical (unpaired) electrons. The summed E-state index contributed by atoms with van der Waals surface area (Å²) in [5, 5.41) is 11.3. The smallest absolute Gasteiger partial charge is 0.311 e. The van der Waals surface area contributed by atoms with Crippen molar-refractivity contribution in [2.45, 2.75) is 20.0 Å². The predicted octanol–water partition coefficient (Wildman–Crippen LogP) is 3.26. The first kappa shape index (κ1) is 16.5. The largest absolute Gasteiger partial charge is 0.488 e. The van der Waals surface area contributed by atoms with Crippen molar-refractivity contribution in [1.82, 2.24) is 4.90 Å². The maximum absolute atomic E-state index is 12.6. The van der Waals surface area contributed by atoms with Crippen molar-refractivity contribution in [3.63, 3.8) is 0 Å². The molecule has 1 aromatic carbocycles. The second-order valence-corrected chi connectivity index (χ2v) is 7.27. The summed E-state index contributed by atoms with van der Waals surface area (Å²) >= 11 is 1.62. The highest BCUT2D eigenvalue weighted by Crippen LogP contribution is 2.31. The lowest BCUT2D eigenvalue weighted by molar-refractivity contribution is -0.147. The third-order valence-corrected chi connectivity index (χ3v) is 5.17. The van der Waals surface area contributed by atoms with Gasteiger partial charge in [0.15, 0.2) is 0 Å². The minimum Gasteiger partial charge on any atom is -0.488 e. The number of thiophene rings is 1. The summed E-state index contributed by atoms with van der Waals surface area (Å²) in [4.78, 5) is 26.7. The van der Waals surface area contributed by atoms with E-state index < -0.39 is 11.4 Å². The van der Waals surface area contributed by atoms with E-state index in [-0.39, 0.29) is 12.5 Å². The minimum absolute atomic E-state index is 0.151. The first-order valence-corrected chi connectivity index (χ1v) is 8.64. The summed E-state index contributed by atoms with van der Waals surface area (Å²) in [5.41, 5.74) is -0.337. The van der Waals surface area contributed by atoms with E-state index in [4.69, 9.17) is 4.74 Å². The van der Waals surface area contributed by atoms with Crippen molar-refractivity contribution >= 4 is 23.2 Å². The van der Waals surface area contributed by atoms with E-state index in [0.29, 0.717) is 30.9 Å². The van der Waals surface area contributed by atoms with E-state index in [1.165, 1.54) is 0 Å². The summed E-state index contributed by atoms with van der Waals surface area (Å²) in [6.07, 6.45) is 0.475. The van der Waals surface area contributed by atoms with E-state index in [1.54, 1.807) is 41.4 Å². The Balaban J connectivity index is 1.67. The van der Waals surface area contributed by atoms with Gasteiger partial charge in [-0.25, -0.2) is 0 Å². The van der Waals surface area contributed by atoms with Gasteiger partial charge in [0, 0.05) is 23.5 Å². The number of carbonyl (C=O) groups excluding carboxylic acids is 1. The molecule has 6 heteroatoms. The predicted molar refractivity (Wildman–Crippen MR) is 91.4 cm³/mol. The Morgan fingerprint density at radius 3 is 2.83 bits per heavy atom. The first-order chi connectivity index (χ1) is 11.5. The van der Waals surface area contributed by atoms with Crippen LogP contribution in [0.15, 0.2) is 41.8 Å². The molecule has 1 aromatic heterocycles. The van der Waals surface area contributed by atoms with Crippen LogP contribution in [0.1, 0.15) is 28.6 Å². The molecule has 0 bridgehead atoms. The Morgan fingerprint density at radius 1 is 1.33 bits per heavy atom. The summed E-state index contributed by atoms with van der Waals surface area (Å²) in [6, 6.07) is 11.0. The fourth-order valence-electron chi connectivity index (χ4n) is 2.76. The highest BCUT2D eigenvalue weighted by Gasteiger charge is 2.42. The molecule has 1 aliphatic heterocycles. The van der Waals surface area contributed by atoms with Gasteiger partial charge in [-0.1, -0.05) is 12.1 Å². The second-order valence-electron chi connectivity index (χ2n) is 6.24. The number of carbonyl (C=O) groups is 2. The molecular weight excluding hydrogens is 326 g/mol. The van der Waals surface area contributed by atoms with Crippen LogP contribution < -0.4 is 4.74 Å². The number of nitrogens with zero attached hydrogens (tertiary/aromatic N) is 1. The fourth-order valence-corrected chi connectivity index (χ4v) is 3.38. The number of carboxylic acids is 1. The van der Waals surface area contributed by atoms with Crippen LogP contribution in [0.3, 0.4) is 0 Å². The molecule has 24 heavy (non-hydrogen) atoms. The highest BCUT2D eigenvalue weighted by atomic mass is 32.1. The number of ether oxygens (including phenoxy) is 1. The monoisotopic (exact) mass is 345 g/mol. The Morgan fingerprint density at radius 2 is 2.17 bits per heavy atom. The van der Waals surface area contributed by atoms with Crippen LogP contribution in [0.4, 0.5) is 0 Å². The van der Waals surface area contributed by atoms with E-state index in [2.05, 4.69) is 0 Å². The molecule has 1 amide bonds. The van der Waals surface area contributed by atoms with E-state index in [1.807, 2.05) is 23.6 Å². The molecule has 1 atom stereocenters. The average Bonchev–Trinajstić information content (AvgIpc) is 3.23. The second kappa shape index (κ2) is 6.65. The van der Waals surface area contributed by atoms with Gasteiger partial charge in [0.1, 0.15) is 12.4 Å². The molecule has 0 aliphatic carbocycles. The van der Waals surface area contributed by atoms with Gasteiger partial charge in [-0.2, -0.15) is 0 Å². The van der Waals surface area contributed by atoms with E-state index >= 15 is 0 Å². The minimum atomic E-state index is -0.858. The van der Waals surface area contributed by atoms with Crippen LogP contribution in [0.2, 0.25) is 0 Å². The zero-order valence-corrected chi connectivity index (χ0v) is 14.2. The standard InChI is InChI=1S/C18H19NO4S/c1-18(17(21)22)7-8-19(12-18)16(20)13-4-2-5-14(10-13)23-11-15-6-3-9-24-15/h2-6,9-10H,7-8,11-12H2,1H3,(H,21,22). The number of amides is 1. The Bertz CT molecular complexity index is 743. The first-order valence-electron chi connectivity index (χ1n) is 7.76. The maximum Gasteiger partial charge on any atom is 0.311 e. The Labute approximate surface area is 144 Å². The van der Waals surface area contributed by atoms with Crippen LogP contribution in [0.25, 0.3) is 0 Å². The molecule has 2 heterocycles. The maximum atomic E-state index is 12.6. The van der Waals surface area contributed by atoms with Crippen LogP contribution in [-0.2, 0) is 11.4 Å². The van der Waals surface area contributed by atoms with Gasteiger partial charge in [0.05, 0.1) is 5.41 Å². The normalized spacial score (nSPS) is 20.1. The zero-order valence-electron chi connectivity index (χ0n) is 13.4. The van der Waals surface area contributed by atoms with Crippen molar-refractivity contribution in [3.05, 3.63) is 52.2 Å². The van der Waals surface area contributed by atoms with E-state index in [0.717, 1.165) is 4.88 Å². The van der Waals surface area contributed by atoms with Gasteiger partial charge in [-0.05, 0) is 43.0 Å². The molecule has 0 saturated carbocycles. The average molecular weight is 345 g/mol. The number of likely N-dealkylation sites (tertiary alicyclic amines) is 1. The summed E-state index contributed by atoms with van der Waals surface area (Å²) in [6.45, 7) is 2.85. The summed E-state index contributed by atoms with van der Waals surface area (Å²) < 4.78 is 5.73. The molecule has 5 nitrogen and oxygen atoms in total. The molecule has 1 aliphatic rings. The van der Waals surface area contributed by atoms with Gasteiger partial charge in [0.2, 0.25) is 0 Å². The van der Waals surface area contributed by atoms with E-state index in [9.17, 15) is 14.7 Å². The van der Waals surface area contributed by atoms with Crippen LogP contribution in [0, 0.1) is 5.41 Å². The quantitative estimate of drug-likeness (QED) is 0.903. The Kier molecular flexibility index (Phi) is 4.57. The topological polar surface area (TPSA) is 66.8 Å². The van der Waals surface area contributed by atoms with Gasteiger partial charge in [-0.3, -0.25) is 9.59 Å². The number of carboxylic acid groups (broad SMARTS) is 1. The third kappa shape index (κ3) is 3.43. The van der Waals surface area contributed by atoms with Gasteiger partial charge in [-0.15, -0.1) is 11.3 Å². The molecule has 3 rings (SSSR count). The number of aliphatic carboxylic acids is 1. The highest BCUT2D eigenvalue weighted by molar-refractivity contribution is 7.09. The lowest BCUT2D eigenvalue weighted by atomic mass is 9.90. The zero-order chi connectivity index (χ0) is 17.2. The SMILES string of the molecule is CC1(C(=O)O)CCN(C(=O)c2cccc(OCc3cccs3)c2)C1. The summed E-state index contributed by atoms with van der Waals surface area (Å²) in [7, 11) is 0. The molecule has 1 saturated heterocycles. The van der Waals surface area contributed by atoms with Gasteiger partial charge >= 0.3 is 5.97 Å². The van der Waals surface area contributed by atoms with Crippen LogP contribution in [-0.4, -0.2) is 35.0 Å². The third-order valence-electron chi connectivity index (χ3n) is 4.32. The molecule has 2 aromatic rings. The Hall–Kier alpha value is -2.34. The molecule has 1 fully saturated rings. The van der Waals surface area contributed by atoms with Crippen molar-refractivity contribution in [2.75, 3.05) is 13.1 Å². The fraction of sp³-hybridized carbons (Fsp3) is 0.333. The molecular formula is C18H19NO4S. The summed E-state index contributed by atoms with van der Waals surface area (Å²) in [5.74, 6) is -0.373. The van der Waals surface area contributed by atoms with Gasteiger partial charge < -0.3 is 14.7 Å². The van der Waals surface area contributed by atoms with Crippen molar-refractivity contribution in [3.8, 4) is 5.75 Å². The lowest BCUT2D eigenvalue weighted by Crippen LogP contribution is -2.34. The molecule has 126 valence electrons. The number of rotatable bonds is 5. The lowest BCUT2D eigenvalue weighted by Gasteiger charge is -2.20. The number of hydrogen-bond acceptors (Lipinski definition) is 4. The van der Waals surface area contributed by atoms with Gasteiger partial charge in [0.25, 0.3) is 5.91 Å².